The predicted octanol–water partition coefficient (Wildman–Crippen LogP) is 3.85. The number of anilines is 1. The molecule has 38 heavy (non-hydrogen) atoms. The van der Waals surface area contributed by atoms with Crippen LogP contribution in [0.1, 0.15) is 37.0 Å². The summed E-state index contributed by atoms with van der Waals surface area (Å²) in [5, 5.41) is 0. The lowest BCUT2D eigenvalue weighted by Crippen LogP contribution is -2.32. The number of likely N-dealkylation sites (N-methyl/N-ethyl adjacent to an activating group) is 1. The lowest BCUT2D eigenvalue weighted by molar-refractivity contribution is -0.124. The average Bonchev–Trinajstić information content (AvgIpc) is 3.73. The van der Waals surface area contributed by atoms with Crippen molar-refractivity contribution in [3.63, 3.8) is 0 Å². The summed E-state index contributed by atoms with van der Waals surface area (Å²) in [7, 11) is 3.20. The van der Waals surface area contributed by atoms with Gasteiger partial charge in [0.25, 0.3) is 5.91 Å². The second kappa shape index (κ2) is 10.1. The Morgan fingerprint density at radius 3 is 2.71 bits per heavy atom. The lowest BCUT2D eigenvalue weighted by atomic mass is 9.98. The summed E-state index contributed by atoms with van der Waals surface area (Å²) in [5.74, 6) is 0.383. The predicted molar refractivity (Wildman–Crippen MR) is 142 cm³/mol. The van der Waals surface area contributed by atoms with E-state index in [9.17, 15) is 9.18 Å². The van der Waals surface area contributed by atoms with E-state index in [0.717, 1.165) is 12.8 Å². The molecule has 0 unspecified atom stereocenters. The maximum absolute atomic E-state index is 14.4. The molecule has 2 aliphatic rings. The first kappa shape index (κ1) is 25.2. The number of nitrogen functional groups attached to an aromatic ring is 1. The van der Waals surface area contributed by atoms with E-state index < -0.39 is 17.8 Å². The molecule has 1 aromatic carbocycles. The van der Waals surface area contributed by atoms with Gasteiger partial charge in [0, 0.05) is 49.7 Å². The van der Waals surface area contributed by atoms with Gasteiger partial charge in [0.05, 0.1) is 0 Å². The zero-order valence-electron chi connectivity index (χ0n) is 21.4. The highest BCUT2D eigenvalue weighted by molar-refractivity contribution is 6.15. The SMILES string of the molecule is C[C@H]1Oc2cc(cnc2N)C(=NCC2CC2)/C(=C(\N)C(=O)N(C)C)Oc2cccnc2-c2ccc(F)cc21. The molecule has 1 aliphatic carbocycles. The number of ether oxygens (including phenoxy) is 2. The Labute approximate surface area is 220 Å². The molecule has 1 fully saturated rings. The Morgan fingerprint density at radius 1 is 1.18 bits per heavy atom. The Hall–Kier alpha value is -4.47. The van der Waals surface area contributed by atoms with E-state index in [0.29, 0.717) is 46.3 Å². The highest BCUT2D eigenvalue weighted by Crippen LogP contribution is 2.38. The van der Waals surface area contributed by atoms with Gasteiger partial charge in [-0.15, -0.1) is 0 Å². The number of pyridine rings is 2. The summed E-state index contributed by atoms with van der Waals surface area (Å²) in [6.45, 7) is 2.32. The van der Waals surface area contributed by atoms with E-state index in [1.54, 1.807) is 57.7 Å². The van der Waals surface area contributed by atoms with Gasteiger partial charge < -0.3 is 25.8 Å². The average molecular weight is 517 g/mol. The number of amides is 1. The van der Waals surface area contributed by atoms with Crippen LogP contribution in [0, 0.1) is 11.7 Å². The first-order chi connectivity index (χ1) is 18.2. The quantitative estimate of drug-likeness (QED) is 0.506. The zero-order chi connectivity index (χ0) is 27.0. The number of hydrogen-bond acceptors (Lipinski definition) is 8. The van der Waals surface area contributed by atoms with E-state index in [2.05, 4.69) is 9.97 Å². The van der Waals surface area contributed by atoms with E-state index in [1.165, 1.54) is 17.0 Å². The molecule has 5 rings (SSSR count). The van der Waals surface area contributed by atoms with Crippen molar-refractivity contribution in [2.45, 2.75) is 25.9 Å². The minimum atomic E-state index is -0.614. The molecular formula is C28H29FN6O3. The second-order valence-corrected chi connectivity index (χ2v) is 9.63. The summed E-state index contributed by atoms with van der Waals surface area (Å²) in [4.78, 5) is 28.1. The largest absolute Gasteiger partial charge is 0.482 e. The zero-order valence-corrected chi connectivity index (χ0v) is 21.4. The molecule has 0 saturated heterocycles. The van der Waals surface area contributed by atoms with Crippen LogP contribution in [0.25, 0.3) is 11.3 Å². The minimum Gasteiger partial charge on any atom is -0.482 e. The lowest BCUT2D eigenvalue weighted by Gasteiger charge is -2.23. The number of carbonyl (C=O) groups excluding carboxylic acids is 1. The molecule has 3 heterocycles. The monoisotopic (exact) mass is 516 g/mol. The third-order valence-corrected chi connectivity index (χ3v) is 6.45. The van der Waals surface area contributed by atoms with Crippen LogP contribution in [0.4, 0.5) is 10.2 Å². The fourth-order valence-electron chi connectivity index (χ4n) is 4.19. The van der Waals surface area contributed by atoms with Crippen LogP contribution in [0.5, 0.6) is 11.5 Å². The first-order valence-corrected chi connectivity index (χ1v) is 12.3. The fraction of sp³-hybridized carbons (Fsp3) is 0.286. The Bertz CT molecular complexity index is 1460. The minimum absolute atomic E-state index is 0.0633. The summed E-state index contributed by atoms with van der Waals surface area (Å²) in [6.07, 6.45) is 4.69. The summed E-state index contributed by atoms with van der Waals surface area (Å²) in [5.41, 5.74) is 14.9. The summed E-state index contributed by atoms with van der Waals surface area (Å²) >= 11 is 0. The van der Waals surface area contributed by atoms with Gasteiger partial charge >= 0.3 is 0 Å². The number of carbonyl (C=O) groups is 1. The van der Waals surface area contributed by atoms with Gasteiger partial charge in [-0.25, -0.2) is 9.37 Å². The number of halogens is 1. The van der Waals surface area contributed by atoms with Crippen LogP contribution in [0.15, 0.2) is 65.2 Å². The molecule has 0 spiro atoms. The van der Waals surface area contributed by atoms with Crippen molar-refractivity contribution in [1.82, 2.24) is 14.9 Å². The number of allylic oxidation sites excluding steroid dienone is 1. The molecule has 9 nitrogen and oxygen atoms in total. The van der Waals surface area contributed by atoms with Crippen LogP contribution >= 0.6 is 0 Å². The van der Waals surface area contributed by atoms with E-state index in [1.807, 2.05) is 0 Å². The fourth-order valence-corrected chi connectivity index (χ4v) is 4.19. The van der Waals surface area contributed by atoms with Crippen molar-refractivity contribution >= 4 is 17.4 Å². The Kier molecular flexibility index (Phi) is 6.71. The van der Waals surface area contributed by atoms with E-state index in [-0.39, 0.29) is 23.0 Å². The van der Waals surface area contributed by atoms with Crippen LogP contribution < -0.4 is 20.9 Å². The van der Waals surface area contributed by atoms with E-state index >= 15 is 0 Å². The van der Waals surface area contributed by atoms with Gasteiger partial charge in [-0.05, 0) is 62.1 Å². The summed E-state index contributed by atoms with van der Waals surface area (Å²) < 4.78 is 27.1. The van der Waals surface area contributed by atoms with Crippen molar-refractivity contribution in [3.8, 4) is 22.8 Å². The standard InChI is InChI=1S/C28H29FN6O3/c1-15-20-12-18(29)8-9-19(20)25-21(5-4-10-32-25)38-26(23(30)28(36)35(2)3)24(33-13-16-6-7-16)17-11-22(37-15)27(31)34-14-17/h4-5,8-12,14-16H,6-7,13,30H2,1-3H3,(H2,31,34)/b26-23+,33-24?/t15-/m1/s1. The van der Waals surface area contributed by atoms with Gasteiger partial charge in [-0.2, -0.15) is 0 Å². The van der Waals surface area contributed by atoms with Crippen LogP contribution in [0.2, 0.25) is 0 Å². The molecule has 10 heteroatoms. The first-order valence-electron chi connectivity index (χ1n) is 12.3. The third kappa shape index (κ3) is 5.02. The van der Waals surface area contributed by atoms with Gasteiger partial charge in [0.1, 0.15) is 29.0 Å². The molecule has 1 saturated carbocycles. The number of aliphatic imine (C=N–C) groups is 1. The molecule has 1 aliphatic heterocycles. The number of nitrogens with zero attached hydrogens (tertiary/aromatic N) is 4. The number of rotatable bonds is 3. The van der Waals surface area contributed by atoms with Crippen molar-refractivity contribution in [2.75, 3.05) is 26.4 Å². The highest BCUT2D eigenvalue weighted by Gasteiger charge is 2.28. The second-order valence-electron chi connectivity index (χ2n) is 9.63. The number of benzene rings is 1. The maximum Gasteiger partial charge on any atom is 0.273 e. The van der Waals surface area contributed by atoms with Crippen LogP contribution in [-0.4, -0.2) is 47.1 Å². The third-order valence-electron chi connectivity index (χ3n) is 6.45. The van der Waals surface area contributed by atoms with Gasteiger partial charge in [0.2, 0.25) is 0 Å². The molecule has 196 valence electrons. The maximum atomic E-state index is 14.4. The molecular weight excluding hydrogens is 487 g/mol. The van der Waals surface area contributed by atoms with Crippen LogP contribution in [-0.2, 0) is 4.79 Å². The molecule has 4 N–H and O–H groups in total. The number of hydrogen-bond donors (Lipinski definition) is 2. The molecule has 0 radical (unpaired) electrons. The molecule has 2 aromatic heterocycles. The van der Waals surface area contributed by atoms with Gasteiger partial charge in [0.15, 0.2) is 23.1 Å². The number of fused-ring (bicyclic) bond motifs is 5. The summed E-state index contributed by atoms with van der Waals surface area (Å²) in [6, 6.07) is 9.45. The molecule has 1 atom stereocenters. The van der Waals surface area contributed by atoms with Crippen molar-refractivity contribution in [1.29, 1.82) is 0 Å². The number of nitrogens with two attached hydrogens (primary N) is 2. The van der Waals surface area contributed by atoms with Crippen LogP contribution in [0.3, 0.4) is 0 Å². The van der Waals surface area contributed by atoms with Crippen molar-refractivity contribution < 1.29 is 18.7 Å². The number of aromatic nitrogens is 2. The van der Waals surface area contributed by atoms with Crippen molar-refractivity contribution in [2.24, 2.45) is 16.6 Å². The normalized spacial score (nSPS) is 19.2. The Balaban J connectivity index is 1.80. The van der Waals surface area contributed by atoms with Gasteiger partial charge in [-0.3, -0.25) is 14.8 Å². The van der Waals surface area contributed by atoms with E-state index in [4.69, 9.17) is 25.9 Å². The Morgan fingerprint density at radius 2 is 1.97 bits per heavy atom. The molecule has 2 bridgehead atoms. The molecule has 3 aromatic rings. The smallest absolute Gasteiger partial charge is 0.273 e. The highest BCUT2D eigenvalue weighted by atomic mass is 19.1. The van der Waals surface area contributed by atoms with Gasteiger partial charge in [-0.1, -0.05) is 0 Å². The van der Waals surface area contributed by atoms with Crippen molar-refractivity contribution in [3.05, 3.63) is 77.2 Å². The molecule has 1 amide bonds. The topological polar surface area (TPSA) is 129 Å².